The number of aromatic nitrogens is 1. The Balaban J connectivity index is 2.17. The van der Waals surface area contributed by atoms with Crippen molar-refractivity contribution in [2.45, 2.75) is 33.9 Å². The molecular formula is C20H27ClN2O2. The van der Waals surface area contributed by atoms with E-state index in [1.165, 1.54) is 0 Å². The van der Waals surface area contributed by atoms with Crippen LogP contribution in [-0.2, 0) is 22.6 Å². The zero-order valence-electron chi connectivity index (χ0n) is 15.5. The lowest BCUT2D eigenvalue weighted by atomic mass is 9.94. The van der Waals surface area contributed by atoms with E-state index in [1.807, 2.05) is 56.1 Å². The van der Waals surface area contributed by atoms with Crippen molar-refractivity contribution in [1.82, 2.24) is 9.47 Å². The Morgan fingerprint density at radius 1 is 1.24 bits per heavy atom. The van der Waals surface area contributed by atoms with Crippen LogP contribution in [0.4, 0.5) is 0 Å². The van der Waals surface area contributed by atoms with Crippen molar-refractivity contribution in [3.63, 3.8) is 0 Å². The third-order valence-corrected chi connectivity index (χ3v) is 4.25. The molecule has 0 saturated carbocycles. The van der Waals surface area contributed by atoms with Crippen molar-refractivity contribution in [3.05, 3.63) is 58.9 Å². The number of hydrogen-bond acceptors (Lipinski definition) is 2. The number of rotatable bonds is 7. The first-order valence-corrected chi connectivity index (χ1v) is 8.86. The first-order valence-electron chi connectivity index (χ1n) is 8.48. The summed E-state index contributed by atoms with van der Waals surface area (Å²) in [5.41, 5.74) is 1.81. The molecule has 0 fully saturated rings. The highest BCUT2D eigenvalue weighted by atomic mass is 35.5. The van der Waals surface area contributed by atoms with Gasteiger partial charge >= 0.3 is 0 Å². The van der Waals surface area contributed by atoms with Gasteiger partial charge in [0.1, 0.15) is 0 Å². The molecule has 0 unspecified atom stereocenters. The number of ether oxygens (including phenoxy) is 1. The maximum atomic E-state index is 12.8. The largest absolute Gasteiger partial charge is 0.383 e. The van der Waals surface area contributed by atoms with Gasteiger partial charge < -0.3 is 14.2 Å². The predicted molar refractivity (Wildman–Crippen MR) is 102 cm³/mol. The van der Waals surface area contributed by atoms with Crippen molar-refractivity contribution < 1.29 is 9.53 Å². The molecule has 25 heavy (non-hydrogen) atoms. The fourth-order valence-electron chi connectivity index (χ4n) is 2.70. The quantitative estimate of drug-likeness (QED) is 0.739. The van der Waals surface area contributed by atoms with Gasteiger partial charge in [-0.3, -0.25) is 4.79 Å². The molecule has 0 aliphatic carbocycles. The maximum Gasteiger partial charge on any atom is 0.228 e. The van der Waals surface area contributed by atoms with Crippen LogP contribution in [0.3, 0.4) is 0 Å². The molecule has 0 atom stereocenters. The lowest BCUT2D eigenvalue weighted by Crippen LogP contribution is -2.41. The van der Waals surface area contributed by atoms with Crippen LogP contribution in [0.2, 0.25) is 5.02 Å². The molecule has 0 aliphatic heterocycles. The Hall–Kier alpha value is -1.78. The molecule has 1 heterocycles. The molecule has 5 heteroatoms. The molecule has 0 bridgehead atoms. The minimum Gasteiger partial charge on any atom is -0.383 e. The summed E-state index contributed by atoms with van der Waals surface area (Å²) in [6, 6.07) is 11.9. The monoisotopic (exact) mass is 362 g/mol. The van der Waals surface area contributed by atoms with Crippen molar-refractivity contribution in [3.8, 4) is 0 Å². The van der Waals surface area contributed by atoms with E-state index in [9.17, 15) is 4.79 Å². The maximum absolute atomic E-state index is 12.8. The number of amides is 1. The Morgan fingerprint density at radius 3 is 2.64 bits per heavy atom. The van der Waals surface area contributed by atoms with Gasteiger partial charge in [-0.05, 0) is 29.8 Å². The summed E-state index contributed by atoms with van der Waals surface area (Å²) < 4.78 is 7.33. The van der Waals surface area contributed by atoms with Crippen LogP contribution in [0.15, 0.2) is 42.6 Å². The fraction of sp³-hybridized carbons (Fsp3) is 0.450. The van der Waals surface area contributed by atoms with E-state index in [-0.39, 0.29) is 5.91 Å². The number of hydrogen-bond donors (Lipinski definition) is 0. The van der Waals surface area contributed by atoms with Gasteiger partial charge in [-0.25, -0.2) is 0 Å². The third-order valence-electron chi connectivity index (χ3n) is 4.01. The molecular weight excluding hydrogens is 336 g/mol. The van der Waals surface area contributed by atoms with Gasteiger partial charge in [0.25, 0.3) is 0 Å². The van der Waals surface area contributed by atoms with Gasteiger partial charge in [0.15, 0.2) is 0 Å². The molecule has 2 aromatic rings. The normalized spacial score (nSPS) is 11.6. The standard InChI is InChI=1S/C20H27ClN2O2/c1-20(2,3)19(24)23(11-12-25-4)15-18-9-6-10-22(18)14-16-7-5-8-17(21)13-16/h5-10,13H,11-12,14-15H2,1-4H3. The molecule has 0 aliphatic rings. The topological polar surface area (TPSA) is 34.5 Å². The van der Waals surface area contributed by atoms with Gasteiger partial charge in [0, 0.05) is 42.5 Å². The zero-order chi connectivity index (χ0) is 18.4. The second kappa shape index (κ2) is 8.54. The molecule has 1 amide bonds. The van der Waals surface area contributed by atoms with Gasteiger partial charge in [-0.15, -0.1) is 0 Å². The van der Waals surface area contributed by atoms with E-state index in [1.54, 1.807) is 7.11 Å². The molecule has 4 nitrogen and oxygen atoms in total. The van der Waals surface area contributed by atoms with Gasteiger partial charge in [-0.2, -0.15) is 0 Å². The highest BCUT2D eigenvalue weighted by Crippen LogP contribution is 2.20. The first-order chi connectivity index (χ1) is 11.8. The molecule has 1 aromatic carbocycles. The predicted octanol–water partition coefficient (Wildman–Crippen LogP) is 4.21. The number of halogens is 1. The van der Waals surface area contributed by atoms with E-state index in [4.69, 9.17) is 16.3 Å². The van der Waals surface area contributed by atoms with Crippen molar-refractivity contribution >= 4 is 17.5 Å². The Morgan fingerprint density at radius 2 is 2.00 bits per heavy atom. The Kier molecular flexibility index (Phi) is 6.68. The third kappa shape index (κ3) is 5.62. The van der Waals surface area contributed by atoms with Crippen LogP contribution in [0.25, 0.3) is 0 Å². The van der Waals surface area contributed by atoms with E-state index in [0.29, 0.717) is 19.7 Å². The second-order valence-corrected chi connectivity index (χ2v) is 7.66. The average Bonchev–Trinajstić information content (AvgIpc) is 2.96. The minimum absolute atomic E-state index is 0.125. The SMILES string of the molecule is COCCN(Cc1cccn1Cc1cccc(Cl)c1)C(=O)C(C)(C)C. The summed E-state index contributed by atoms with van der Waals surface area (Å²) in [4.78, 5) is 14.6. The van der Waals surface area contributed by atoms with Gasteiger partial charge in [-0.1, -0.05) is 44.5 Å². The highest BCUT2D eigenvalue weighted by Gasteiger charge is 2.27. The smallest absolute Gasteiger partial charge is 0.228 e. The van der Waals surface area contributed by atoms with Crippen LogP contribution < -0.4 is 0 Å². The van der Waals surface area contributed by atoms with Crippen LogP contribution >= 0.6 is 11.6 Å². The number of benzene rings is 1. The summed E-state index contributed by atoms with van der Waals surface area (Å²) in [5, 5.41) is 0.732. The number of nitrogens with zero attached hydrogens (tertiary/aromatic N) is 2. The van der Waals surface area contributed by atoms with Crippen molar-refractivity contribution in [2.24, 2.45) is 5.41 Å². The number of carbonyl (C=O) groups excluding carboxylic acids is 1. The van der Waals surface area contributed by atoms with Gasteiger partial charge in [0.05, 0.1) is 13.2 Å². The van der Waals surface area contributed by atoms with Gasteiger partial charge in [0.2, 0.25) is 5.91 Å². The minimum atomic E-state index is -0.419. The van der Waals surface area contributed by atoms with Crippen LogP contribution in [0, 0.1) is 5.41 Å². The molecule has 136 valence electrons. The van der Waals surface area contributed by atoms with Crippen LogP contribution in [-0.4, -0.2) is 35.6 Å². The fourth-order valence-corrected chi connectivity index (χ4v) is 2.92. The molecule has 0 radical (unpaired) electrons. The zero-order valence-corrected chi connectivity index (χ0v) is 16.2. The Bertz CT molecular complexity index is 704. The molecule has 0 spiro atoms. The molecule has 1 aromatic heterocycles. The number of carbonyl (C=O) groups is 1. The van der Waals surface area contributed by atoms with Crippen molar-refractivity contribution in [1.29, 1.82) is 0 Å². The van der Waals surface area contributed by atoms with E-state index in [2.05, 4.69) is 16.7 Å². The number of methoxy groups -OCH3 is 1. The van der Waals surface area contributed by atoms with E-state index >= 15 is 0 Å². The molecule has 2 rings (SSSR count). The summed E-state index contributed by atoms with van der Waals surface area (Å²) in [6.07, 6.45) is 2.03. The average molecular weight is 363 g/mol. The van der Waals surface area contributed by atoms with Crippen LogP contribution in [0.1, 0.15) is 32.0 Å². The van der Waals surface area contributed by atoms with E-state index in [0.717, 1.165) is 22.8 Å². The van der Waals surface area contributed by atoms with Crippen molar-refractivity contribution in [2.75, 3.05) is 20.3 Å². The highest BCUT2D eigenvalue weighted by molar-refractivity contribution is 6.30. The van der Waals surface area contributed by atoms with Crippen LogP contribution in [0.5, 0.6) is 0 Å². The Labute approximate surface area is 155 Å². The second-order valence-electron chi connectivity index (χ2n) is 7.23. The first kappa shape index (κ1) is 19.5. The molecule has 0 saturated heterocycles. The summed E-state index contributed by atoms with van der Waals surface area (Å²) in [7, 11) is 1.65. The lowest BCUT2D eigenvalue weighted by Gasteiger charge is -2.29. The summed E-state index contributed by atoms with van der Waals surface area (Å²) in [5.74, 6) is 0.125. The lowest BCUT2D eigenvalue weighted by molar-refractivity contribution is -0.140. The summed E-state index contributed by atoms with van der Waals surface area (Å²) >= 11 is 6.08. The molecule has 0 N–H and O–H groups in total. The summed E-state index contributed by atoms with van der Waals surface area (Å²) in [6.45, 7) is 8.23. The van der Waals surface area contributed by atoms with E-state index < -0.39 is 5.41 Å².